The zero-order valence-electron chi connectivity index (χ0n) is 13.0. The maximum Gasteiger partial charge on any atom is 0.228 e. The van der Waals surface area contributed by atoms with Crippen molar-refractivity contribution in [2.24, 2.45) is 0 Å². The Morgan fingerprint density at radius 1 is 1.26 bits per heavy atom. The summed E-state index contributed by atoms with van der Waals surface area (Å²) in [7, 11) is 0. The molecule has 0 atom stereocenters. The number of amides is 1. The predicted molar refractivity (Wildman–Crippen MR) is 97.3 cm³/mol. The number of carbonyl (C=O) groups is 1. The molecule has 2 aromatic carbocycles. The number of nitrogens with zero attached hydrogens (tertiary/aromatic N) is 2. The van der Waals surface area contributed by atoms with Crippen LogP contribution in [0.5, 0.6) is 0 Å². The molecule has 0 spiro atoms. The fourth-order valence-electron chi connectivity index (χ4n) is 2.48. The van der Waals surface area contributed by atoms with Crippen molar-refractivity contribution in [3.05, 3.63) is 58.6 Å². The number of hydrogen-bond acceptors (Lipinski definition) is 3. The number of rotatable bonds is 4. The molecule has 0 N–H and O–H groups in total. The van der Waals surface area contributed by atoms with Crippen molar-refractivity contribution in [1.29, 1.82) is 0 Å². The lowest BCUT2D eigenvalue weighted by molar-refractivity contribution is -0.118. The third kappa shape index (κ3) is 3.38. The largest absolute Gasteiger partial charge is 0.284 e. The maximum atomic E-state index is 12.4. The standard InChI is InChI=1S/C18H17ClN2OS/c1-3-16(22)21(11-13-7-5-4-6-8-13)18-20-17-12(2)9-14(19)10-15(17)23-18/h4-10H,3,11H2,1-2H3. The average molecular weight is 345 g/mol. The molecule has 0 radical (unpaired) electrons. The summed E-state index contributed by atoms with van der Waals surface area (Å²) in [5.41, 5.74) is 3.03. The molecular weight excluding hydrogens is 328 g/mol. The highest BCUT2D eigenvalue weighted by atomic mass is 35.5. The van der Waals surface area contributed by atoms with E-state index in [9.17, 15) is 4.79 Å². The van der Waals surface area contributed by atoms with E-state index in [1.54, 1.807) is 4.90 Å². The van der Waals surface area contributed by atoms with Crippen molar-refractivity contribution < 1.29 is 4.79 Å². The molecule has 1 amide bonds. The highest BCUT2D eigenvalue weighted by Gasteiger charge is 2.19. The lowest BCUT2D eigenvalue weighted by Crippen LogP contribution is -2.29. The van der Waals surface area contributed by atoms with Crippen LogP contribution in [0.15, 0.2) is 42.5 Å². The molecule has 0 unspecified atom stereocenters. The van der Waals surface area contributed by atoms with Gasteiger partial charge in [0.05, 0.1) is 16.8 Å². The molecule has 1 aromatic heterocycles. The van der Waals surface area contributed by atoms with E-state index in [0.29, 0.717) is 18.0 Å². The Bertz CT molecular complexity index is 845. The van der Waals surface area contributed by atoms with E-state index < -0.39 is 0 Å². The van der Waals surface area contributed by atoms with E-state index in [0.717, 1.165) is 26.5 Å². The minimum Gasteiger partial charge on any atom is -0.284 e. The van der Waals surface area contributed by atoms with Gasteiger partial charge in [0.25, 0.3) is 0 Å². The van der Waals surface area contributed by atoms with Crippen LogP contribution in [-0.4, -0.2) is 10.9 Å². The molecule has 0 saturated carbocycles. The summed E-state index contributed by atoms with van der Waals surface area (Å²) in [6.07, 6.45) is 0.447. The summed E-state index contributed by atoms with van der Waals surface area (Å²) in [4.78, 5) is 18.9. The van der Waals surface area contributed by atoms with E-state index >= 15 is 0 Å². The molecule has 1 heterocycles. The van der Waals surface area contributed by atoms with E-state index in [2.05, 4.69) is 4.98 Å². The Kier molecular flexibility index (Phi) is 4.64. The van der Waals surface area contributed by atoms with Crippen molar-refractivity contribution in [3.8, 4) is 0 Å². The van der Waals surface area contributed by atoms with Crippen molar-refractivity contribution in [1.82, 2.24) is 4.98 Å². The average Bonchev–Trinajstić information content (AvgIpc) is 2.97. The van der Waals surface area contributed by atoms with E-state index in [-0.39, 0.29) is 5.91 Å². The fraction of sp³-hybridized carbons (Fsp3) is 0.222. The van der Waals surface area contributed by atoms with E-state index in [1.165, 1.54) is 11.3 Å². The van der Waals surface area contributed by atoms with Gasteiger partial charge in [0, 0.05) is 11.4 Å². The van der Waals surface area contributed by atoms with Crippen LogP contribution < -0.4 is 4.90 Å². The van der Waals surface area contributed by atoms with Crippen molar-refractivity contribution in [2.75, 3.05) is 4.90 Å². The van der Waals surface area contributed by atoms with Gasteiger partial charge >= 0.3 is 0 Å². The van der Waals surface area contributed by atoms with Crippen LogP contribution in [-0.2, 0) is 11.3 Å². The van der Waals surface area contributed by atoms with Gasteiger partial charge in [-0.2, -0.15) is 0 Å². The SMILES string of the molecule is CCC(=O)N(Cc1ccccc1)c1nc2c(C)cc(Cl)cc2s1. The number of hydrogen-bond donors (Lipinski definition) is 0. The minimum atomic E-state index is 0.0664. The molecule has 0 aliphatic rings. The molecule has 3 rings (SSSR count). The Hall–Kier alpha value is -1.91. The van der Waals surface area contributed by atoms with Gasteiger partial charge in [-0.25, -0.2) is 4.98 Å². The van der Waals surface area contributed by atoms with Gasteiger partial charge in [-0.1, -0.05) is 60.2 Å². The molecule has 5 heteroatoms. The van der Waals surface area contributed by atoms with Gasteiger partial charge in [0.1, 0.15) is 0 Å². The second-order valence-electron chi connectivity index (χ2n) is 5.38. The van der Waals surface area contributed by atoms with Crippen molar-refractivity contribution >= 4 is 44.2 Å². The van der Waals surface area contributed by atoms with Crippen molar-refractivity contribution in [3.63, 3.8) is 0 Å². The first-order valence-corrected chi connectivity index (χ1v) is 8.69. The summed E-state index contributed by atoms with van der Waals surface area (Å²) in [5.74, 6) is 0.0664. The molecule has 0 aliphatic heterocycles. The number of anilines is 1. The highest BCUT2D eigenvalue weighted by molar-refractivity contribution is 7.22. The molecule has 0 aliphatic carbocycles. The van der Waals surface area contributed by atoms with Crippen LogP contribution in [0.2, 0.25) is 5.02 Å². The predicted octanol–water partition coefficient (Wildman–Crippen LogP) is 5.20. The summed E-state index contributed by atoms with van der Waals surface area (Å²) >= 11 is 7.64. The number of halogens is 1. The topological polar surface area (TPSA) is 33.2 Å². The number of aromatic nitrogens is 1. The number of benzene rings is 2. The van der Waals surface area contributed by atoms with Crippen LogP contribution in [0.3, 0.4) is 0 Å². The lowest BCUT2D eigenvalue weighted by atomic mass is 10.2. The summed E-state index contributed by atoms with van der Waals surface area (Å²) < 4.78 is 1.01. The number of thiazole rings is 1. The van der Waals surface area contributed by atoms with Crippen LogP contribution in [0, 0.1) is 6.92 Å². The molecule has 3 aromatic rings. The van der Waals surface area contributed by atoms with Gasteiger partial charge in [-0.15, -0.1) is 0 Å². The second kappa shape index (κ2) is 6.69. The Balaban J connectivity index is 2.03. The summed E-state index contributed by atoms with van der Waals surface area (Å²) in [6, 6.07) is 13.8. The third-order valence-corrected chi connectivity index (χ3v) is 4.90. The van der Waals surface area contributed by atoms with E-state index in [1.807, 2.05) is 56.3 Å². The second-order valence-corrected chi connectivity index (χ2v) is 6.83. The first kappa shape index (κ1) is 16.0. The maximum absolute atomic E-state index is 12.4. The Morgan fingerprint density at radius 3 is 2.70 bits per heavy atom. The first-order chi connectivity index (χ1) is 11.1. The summed E-state index contributed by atoms with van der Waals surface area (Å²) in [5, 5.41) is 1.42. The highest BCUT2D eigenvalue weighted by Crippen LogP contribution is 2.33. The molecule has 23 heavy (non-hydrogen) atoms. The summed E-state index contributed by atoms with van der Waals surface area (Å²) in [6.45, 7) is 4.39. The zero-order valence-corrected chi connectivity index (χ0v) is 14.6. The monoisotopic (exact) mass is 344 g/mol. The van der Waals surface area contributed by atoms with Crippen LogP contribution in [0.25, 0.3) is 10.2 Å². The first-order valence-electron chi connectivity index (χ1n) is 7.49. The van der Waals surface area contributed by atoms with Gasteiger partial charge < -0.3 is 0 Å². The number of aryl methyl sites for hydroxylation is 1. The third-order valence-electron chi connectivity index (χ3n) is 3.66. The molecular formula is C18H17ClN2OS. The Labute approximate surface area is 144 Å². The van der Waals surface area contributed by atoms with Gasteiger partial charge in [-0.3, -0.25) is 9.69 Å². The molecule has 0 fully saturated rings. The molecule has 118 valence electrons. The smallest absolute Gasteiger partial charge is 0.228 e. The van der Waals surface area contributed by atoms with E-state index in [4.69, 9.17) is 11.6 Å². The minimum absolute atomic E-state index is 0.0664. The molecule has 3 nitrogen and oxygen atoms in total. The molecule has 0 saturated heterocycles. The van der Waals surface area contributed by atoms with Gasteiger partial charge in [0.2, 0.25) is 5.91 Å². The quantitative estimate of drug-likeness (QED) is 0.651. The van der Waals surface area contributed by atoms with Gasteiger partial charge in [0.15, 0.2) is 5.13 Å². The zero-order chi connectivity index (χ0) is 16.4. The van der Waals surface area contributed by atoms with Gasteiger partial charge in [-0.05, 0) is 30.2 Å². The normalized spacial score (nSPS) is 10.9. The fourth-order valence-corrected chi connectivity index (χ4v) is 3.91. The van der Waals surface area contributed by atoms with Crippen molar-refractivity contribution in [2.45, 2.75) is 26.8 Å². The van der Waals surface area contributed by atoms with Crippen LogP contribution in [0.4, 0.5) is 5.13 Å². The number of carbonyl (C=O) groups excluding carboxylic acids is 1. The van der Waals surface area contributed by atoms with Crippen LogP contribution >= 0.6 is 22.9 Å². The Morgan fingerprint density at radius 2 is 2.00 bits per heavy atom. The lowest BCUT2D eigenvalue weighted by Gasteiger charge is -2.19. The molecule has 0 bridgehead atoms. The number of fused-ring (bicyclic) bond motifs is 1. The van der Waals surface area contributed by atoms with Crippen LogP contribution in [0.1, 0.15) is 24.5 Å².